The molecule has 0 aliphatic rings. The summed E-state index contributed by atoms with van der Waals surface area (Å²) in [5, 5.41) is 4.63. The SMILES string of the molecule is COc1ccc(CCNc2nc(Cl)nc3sc(C)cc23)cc1OC. The molecule has 3 aromatic rings. The van der Waals surface area contributed by atoms with Crippen LogP contribution in [0, 0.1) is 6.92 Å². The highest BCUT2D eigenvalue weighted by atomic mass is 35.5. The molecule has 0 aliphatic carbocycles. The maximum absolute atomic E-state index is 6.02. The minimum Gasteiger partial charge on any atom is -0.493 e. The third kappa shape index (κ3) is 3.55. The van der Waals surface area contributed by atoms with E-state index in [0.29, 0.717) is 0 Å². The number of anilines is 1. The molecular formula is C17H18ClN3O2S. The molecule has 1 aromatic carbocycles. The molecule has 5 nitrogen and oxygen atoms in total. The molecule has 0 amide bonds. The maximum Gasteiger partial charge on any atom is 0.225 e. The van der Waals surface area contributed by atoms with Crippen molar-refractivity contribution in [2.24, 2.45) is 0 Å². The Bertz CT molecular complexity index is 866. The van der Waals surface area contributed by atoms with Crippen molar-refractivity contribution in [3.8, 4) is 11.5 Å². The van der Waals surface area contributed by atoms with Gasteiger partial charge >= 0.3 is 0 Å². The van der Waals surface area contributed by atoms with Gasteiger partial charge in [0.1, 0.15) is 10.6 Å². The predicted molar refractivity (Wildman–Crippen MR) is 98.9 cm³/mol. The lowest BCUT2D eigenvalue weighted by Crippen LogP contribution is -2.07. The van der Waals surface area contributed by atoms with Gasteiger partial charge < -0.3 is 14.8 Å². The number of thiophene rings is 1. The van der Waals surface area contributed by atoms with E-state index in [4.69, 9.17) is 21.1 Å². The lowest BCUT2D eigenvalue weighted by atomic mass is 10.1. The number of hydrogen-bond donors (Lipinski definition) is 1. The van der Waals surface area contributed by atoms with E-state index in [0.717, 1.165) is 46.1 Å². The molecule has 3 rings (SSSR count). The number of rotatable bonds is 6. The first kappa shape index (κ1) is 16.8. The fraction of sp³-hybridized carbons (Fsp3) is 0.294. The number of nitrogens with zero attached hydrogens (tertiary/aromatic N) is 2. The molecule has 0 fully saturated rings. The standard InChI is InChI=1S/C17H18ClN3O2S/c1-10-8-12-15(20-17(18)21-16(12)24-10)19-7-6-11-4-5-13(22-2)14(9-11)23-3/h4-5,8-9H,6-7H2,1-3H3,(H,19,20,21). The van der Waals surface area contributed by atoms with Crippen molar-refractivity contribution in [3.05, 3.63) is 40.0 Å². The van der Waals surface area contributed by atoms with Crippen molar-refractivity contribution in [1.82, 2.24) is 9.97 Å². The van der Waals surface area contributed by atoms with Gasteiger partial charge in [-0.1, -0.05) is 6.07 Å². The second kappa shape index (κ2) is 7.23. The Kier molecular flexibility index (Phi) is 5.06. The van der Waals surface area contributed by atoms with Crippen LogP contribution in [-0.2, 0) is 6.42 Å². The Labute approximate surface area is 149 Å². The van der Waals surface area contributed by atoms with Crippen molar-refractivity contribution in [3.63, 3.8) is 0 Å². The fourth-order valence-corrected chi connectivity index (χ4v) is 3.61. The molecule has 24 heavy (non-hydrogen) atoms. The van der Waals surface area contributed by atoms with E-state index in [1.807, 2.05) is 25.1 Å². The normalized spacial score (nSPS) is 10.8. The number of ether oxygens (including phenoxy) is 2. The molecule has 0 saturated heterocycles. The summed E-state index contributed by atoms with van der Waals surface area (Å²) in [4.78, 5) is 10.7. The van der Waals surface area contributed by atoms with Crippen LogP contribution < -0.4 is 14.8 Å². The molecule has 7 heteroatoms. The Balaban J connectivity index is 1.73. The second-order valence-electron chi connectivity index (χ2n) is 5.28. The second-order valence-corrected chi connectivity index (χ2v) is 6.86. The first-order valence-corrected chi connectivity index (χ1v) is 8.68. The predicted octanol–water partition coefficient (Wildman–Crippen LogP) is 4.32. The highest BCUT2D eigenvalue weighted by Gasteiger charge is 2.10. The number of hydrogen-bond acceptors (Lipinski definition) is 6. The molecule has 0 radical (unpaired) electrons. The van der Waals surface area contributed by atoms with Gasteiger partial charge in [0.25, 0.3) is 0 Å². The average Bonchev–Trinajstić information content (AvgIpc) is 2.94. The summed E-state index contributed by atoms with van der Waals surface area (Å²) < 4.78 is 10.6. The molecule has 0 spiro atoms. The summed E-state index contributed by atoms with van der Waals surface area (Å²) in [7, 11) is 3.27. The van der Waals surface area contributed by atoms with E-state index in [1.165, 1.54) is 4.88 Å². The van der Waals surface area contributed by atoms with Crippen LogP contribution in [-0.4, -0.2) is 30.7 Å². The van der Waals surface area contributed by atoms with E-state index >= 15 is 0 Å². The van der Waals surface area contributed by atoms with Gasteiger partial charge in [-0.3, -0.25) is 0 Å². The van der Waals surface area contributed by atoms with Crippen LogP contribution in [0.25, 0.3) is 10.2 Å². The van der Waals surface area contributed by atoms with Crippen LogP contribution in [0.5, 0.6) is 11.5 Å². The Morgan fingerprint density at radius 3 is 2.67 bits per heavy atom. The number of aryl methyl sites for hydroxylation is 1. The monoisotopic (exact) mass is 363 g/mol. The number of methoxy groups -OCH3 is 2. The van der Waals surface area contributed by atoms with E-state index in [9.17, 15) is 0 Å². The zero-order chi connectivity index (χ0) is 17.1. The molecule has 1 N–H and O–H groups in total. The number of nitrogens with one attached hydrogen (secondary N) is 1. The summed E-state index contributed by atoms with van der Waals surface area (Å²) >= 11 is 7.63. The summed E-state index contributed by atoms with van der Waals surface area (Å²) in [5.74, 6) is 2.23. The lowest BCUT2D eigenvalue weighted by molar-refractivity contribution is 0.354. The quantitative estimate of drug-likeness (QED) is 0.661. The van der Waals surface area contributed by atoms with Crippen molar-refractivity contribution in [2.45, 2.75) is 13.3 Å². The van der Waals surface area contributed by atoms with E-state index in [1.54, 1.807) is 25.6 Å². The Morgan fingerprint density at radius 2 is 1.92 bits per heavy atom. The van der Waals surface area contributed by atoms with E-state index in [-0.39, 0.29) is 5.28 Å². The van der Waals surface area contributed by atoms with Crippen molar-refractivity contribution in [1.29, 1.82) is 0 Å². The largest absolute Gasteiger partial charge is 0.493 e. The van der Waals surface area contributed by atoms with Gasteiger partial charge in [0.15, 0.2) is 11.5 Å². The van der Waals surface area contributed by atoms with E-state index < -0.39 is 0 Å². The molecule has 2 heterocycles. The molecule has 0 unspecified atom stereocenters. The van der Waals surface area contributed by atoms with Gasteiger partial charge in [0.2, 0.25) is 5.28 Å². The molecule has 0 atom stereocenters. The van der Waals surface area contributed by atoms with Gasteiger partial charge in [-0.2, -0.15) is 0 Å². The van der Waals surface area contributed by atoms with Crippen LogP contribution in [0.1, 0.15) is 10.4 Å². The summed E-state index contributed by atoms with van der Waals surface area (Å²) in [6.45, 7) is 2.78. The summed E-state index contributed by atoms with van der Waals surface area (Å²) in [5.41, 5.74) is 1.15. The first-order valence-electron chi connectivity index (χ1n) is 7.49. The van der Waals surface area contributed by atoms with Crippen LogP contribution in [0.4, 0.5) is 5.82 Å². The van der Waals surface area contributed by atoms with Crippen LogP contribution in [0.2, 0.25) is 5.28 Å². The topological polar surface area (TPSA) is 56.3 Å². The van der Waals surface area contributed by atoms with Gasteiger partial charge in [0, 0.05) is 11.4 Å². The maximum atomic E-state index is 6.02. The zero-order valence-electron chi connectivity index (χ0n) is 13.7. The molecule has 0 aliphatic heterocycles. The number of benzene rings is 1. The number of aromatic nitrogens is 2. The van der Waals surface area contributed by atoms with Gasteiger partial charge in [-0.25, -0.2) is 9.97 Å². The number of fused-ring (bicyclic) bond motifs is 1. The third-order valence-corrected chi connectivity index (χ3v) is 4.76. The molecular weight excluding hydrogens is 346 g/mol. The fourth-order valence-electron chi connectivity index (χ4n) is 2.51. The van der Waals surface area contributed by atoms with Gasteiger partial charge in [-0.15, -0.1) is 11.3 Å². The van der Waals surface area contributed by atoms with Crippen molar-refractivity contribution >= 4 is 39.0 Å². The lowest BCUT2D eigenvalue weighted by Gasteiger charge is -2.10. The summed E-state index contributed by atoms with van der Waals surface area (Å²) in [6, 6.07) is 8.00. The zero-order valence-corrected chi connectivity index (χ0v) is 15.3. The molecule has 2 aromatic heterocycles. The average molecular weight is 364 g/mol. The van der Waals surface area contributed by atoms with Gasteiger partial charge in [-0.05, 0) is 48.7 Å². The minimum atomic E-state index is 0.262. The van der Waals surface area contributed by atoms with Crippen LogP contribution in [0.15, 0.2) is 24.3 Å². The molecule has 0 saturated carbocycles. The van der Waals surface area contributed by atoms with Crippen LogP contribution >= 0.6 is 22.9 Å². The Morgan fingerprint density at radius 1 is 1.12 bits per heavy atom. The first-order chi connectivity index (χ1) is 11.6. The number of halogens is 1. The van der Waals surface area contributed by atoms with Gasteiger partial charge in [0.05, 0.1) is 19.6 Å². The van der Waals surface area contributed by atoms with Crippen LogP contribution in [0.3, 0.4) is 0 Å². The van der Waals surface area contributed by atoms with E-state index in [2.05, 4.69) is 21.4 Å². The van der Waals surface area contributed by atoms with Crippen molar-refractivity contribution in [2.75, 3.05) is 26.1 Å². The highest BCUT2D eigenvalue weighted by Crippen LogP contribution is 2.30. The third-order valence-electron chi connectivity index (χ3n) is 3.64. The Hall–Kier alpha value is -2.05. The molecule has 126 valence electrons. The summed E-state index contributed by atoms with van der Waals surface area (Å²) in [6.07, 6.45) is 0.826. The minimum absolute atomic E-state index is 0.262. The highest BCUT2D eigenvalue weighted by molar-refractivity contribution is 7.18. The van der Waals surface area contributed by atoms with Crippen molar-refractivity contribution < 1.29 is 9.47 Å². The molecule has 0 bridgehead atoms. The smallest absolute Gasteiger partial charge is 0.225 e.